The van der Waals surface area contributed by atoms with Gasteiger partial charge in [0.15, 0.2) is 0 Å². The molecule has 2 atom stereocenters. The van der Waals surface area contributed by atoms with Gasteiger partial charge in [-0.05, 0) is 17.5 Å². The van der Waals surface area contributed by atoms with Crippen LogP contribution in [0.3, 0.4) is 0 Å². The second-order valence-corrected chi connectivity index (χ2v) is 5.63. The summed E-state index contributed by atoms with van der Waals surface area (Å²) in [7, 11) is 1.63. The number of aliphatic hydroxyl groups excluding tert-OH is 1. The summed E-state index contributed by atoms with van der Waals surface area (Å²) in [6.07, 6.45) is 0.217. The Morgan fingerprint density at radius 1 is 1.35 bits per heavy atom. The van der Waals surface area contributed by atoms with Gasteiger partial charge in [0.25, 0.3) is 0 Å². The molecule has 3 nitrogen and oxygen atoms in total. The molecule has 0 spiro atoms. The monoisotopic (exact) mass is 236 g/mol. The third-order valence-corrected chi connectivity index (χ3v) is 3.25. The topological polar surface area (TPSA) is 38.7 Å². The van der Waals surface area contributed by atoms with Crippen molar-refractivity contribution in [2.75, 3.05) is 7.11 Å². The van der Waals surface area contributed by atoms with Gasteiger partial charge in [-0.1, -0.05) is 20.8 Å². The van der Waals surface area contributed by atoms with Crippen molar-refractivity contribution in [3.05, 3.63) is 23.8 Å². The van der Waals surface area contributed by atoms with Crippen molar-refractivity contribution in [3.8, 4) is 11.5 Å². The molecule has 1 heterocycles. The van der Waals surface area contributed by atoms with E-state index in [9.17, 15) is 5.11 Å². The first kappa shape index (κ1) is 12.2. The van der Waals surface area contributed by atoms with E-state index < -0.39 is 6.10 Å². The molecule has 2 unspecified atom stereocenters. The number of aliphatic hydroxyl groups is 1. The zero-order chi connectivity index (χ0) is 12.6. The number of benzene rings is 1. The average Bonchev–Trinajstić information content (AvgIpc) is 2.27. The van der Waals surface area contributed by atoms with Gasteiger partial charge in [0.1, 0.15) is 17.6 Å². The van der Waals surface area contributed by atoms with E-state index in [-0.39, 0.29) is 11.5 Å². The van der Waals surface area contributed by atoms with E-state index in [1.165, 1.54) is 0 Å². The van der Waals surface area contributed by atoms with Crippen molar-refractivity contribution in [3.63, 3.8) is 0 Å². The Morgan fingerprint density at radius 3 is 2.65 bits per heavy atom. The molecule has 2 rings (SSSR count). The Bertz CT molecular complexity index is 406. The van der Waals surface area contributed by atoms with E-state index >= 15 is 0 Å². The number of hydrogen-bond acceptors (Lipinski definition) is 3. The second kappa shape index (κ2) is 4.22. The van der Waals surface area contributed by atoms with Gasteiger partial charge in [-0.3, -0.25) is 0 Å². The van der Waals surface area contributed by atoms with Crippen molar-refractivity contribution in [1.82, 2.24) is 0 Å². The molecule has 0 bridgehead atoms. The zero-order valence-corrected chi connectivity index (χ0v) is 10.9. The van der Waals surface area contributed by atoms with Crippen LogP contribution in [-0.2, 0) is 0 Å². The van der Waals surface area contributed by atoms with Crippen LogP contribution in [0.5, 0.6) is 11.5 Å². The number of methoxy groups -OCH3 is 1. The molecule has 1 N–H and O–H groups in total. The third kappa shape index (κ3) is 2.39. The molecular formula is C14H20O3. The maximum Gasteiger partial charge on any atom is 0.129 e. The maximum absolute atomic E-state index is 10.1. The van der Waals surface area contributed by atoms with E-state index in [1.807, 2.05) is 18.2 Å². The highest BCUT2D eigenvalue weighted by molar-refractivity contribution is 5.43. The molecule has 0 saturated heterocycles. The van der Waals surface area contributed by atoms with Crippen molar-refractivity contribution >= 4 is 0 Å². The lowest BCUT2D eigenvalue weighted by molar-refractivity contribution is 0.00784. The summed E-state index contributed by atoms with van der Waals surface area (Å²) in [5.74, 6) is 1.49. The first-order valence-corrected chi connectivity index (χ1v) is 5.94. The van der Waals surface area contributed by atoms with Crippen LogP contribution < -0.4 is 9.47 Å². The summed E-state index contributed by atoms with van der Waals surface area (Å²) < 4.78 is 11.1. The lowest BCUT2D eigenvalue weighted by Crippen LogP contribution is -2.36. The van der Waals surface area contributed by atoms with Gasteiger partial charge in [-0.2, -0.15) is 0 Å². The fourth-order valence-electron chi connectivity index (χ4n) is 2.08. The number of ether oxygens (including phenoxy) is 2. The fourth-order valence-corrected chi connectivity index (χ4v) is 2.08. The van der Waals surface area contributed by atoms with Crippen LogP contribution in [0.15, 0.2) is 18.2 Å². The molecule has 1 aromatic carbocycles. The first-order valence-electron chi connectivity index (χ1n) is 5.94. The normalized spacial score (nSPS) is 23.8. The number of fused-ring (bicyclic) bond motifs is 1. The largest absolute Gasteiger partial charge is 0.497 e. The average molecular weight is 236 g/mol. The quantitative estimate of drug-likeness (QED) is 0.814. The summed E-state index contributed by atoms with van der Waals surface area (Å²) in [4.78, 5) is 0. The maximum atomic E-state index is 10.1. The summed E-state index contributed by atoms with van der Waals surface area (Å²) in [5, 5.41) is 10.1. The Morgan fingerprint density at radius 2 is 2.06 bits per heavy atom. The molecule has 17 heavy (non-hydrogen) atoms. The molecule has 1 aliphatic heterocycles. The molecule has 94 valence electrons. The van der Waals surface area contributed by atoms with Crippen molar-refractivity contribution in [1.29, 1.82) is 0 Å². The van der Waals surface area contributed by atoms with E-state index in [1.54, 1.807) is 7.11 Å². The second-order valence-electron chi connectivity index (χ2n) is 5.63. The SMILES string of the molecule is COc1ccc2c(c1)OC(C(C)(C)C)CC2O. The minimum absolute atomic E-state index is 0.0156. The minimum Gasteiger partial charge on any atom is -0.497 e. The van der Waals surface area contributed by atoms with Gasteiger partial charge in [-0.25, -0.2) is 0 Å². The Kier molecular flexibility index (Phi) is 3.04. The lowest BCUT2D eigenvalue weighted by atomic mass is 9.83. The first-order chi connectivity index (χ1) is 7.91. The van der Waals surface area contributed by atoms with Crippen molar-refractivity contribution in [2.24, 2.45) is 5.41 Å². The molecule has 1 aliphatic rings. The van der Waals surface area contributed by atoms with Crippen molar-refractivity contribution < 1.29 is 14.6 Å². The highest BCUT2D eigenvalue weighted by atomic mass is 16.5. The predicted octanol–water partition coefficient (Wildman–Crippen LogP) is 2.93. The highest BCUT2D eigenvalue weighted by Crippen LogP contribution is 2.41. The molecule has 0 radical (unpaired) electrons. The van der Waals surface area contributed by atoms with Crippen LogP contribution in [0.2, 0.25) is 0 Å². The zero-order valence-electron chi connectivity index (χ0n) is 10.9. The van der Waals surface area contributed by atoms with Gasteiger partial charge in [0, 0.05) is 18.1 Å². The fraction of sp³-hybridized carbons (Fsp3) is 0.571. The molecule has 0 aromatic heterocycles. The van der Waals surface area contributed by atoms with Crippen LogP contribution in [0, 0.1) is 5.41 Å². The van der Waals surface area contributed by atoms with Crippen LogP contribution in [0.4, 0.5) is 0 Å². The summed E-state index contributed by atoms with van der Waals surface area (Å²) in [5.41, 5.74) is 0.869. The van der Waals surface area contributed by atoms with E-state index in [4.69, 9.17) is 9.47 Å². The predicted molar refractivity (Wildman–Crippen MR) is 66.4 cm³/mol. The van der Waals surface area contributed by atoms with E-state index in [0.29, 0.717) is 6.42 Å². The highest BCUT2D eigenvalue weighted by Gasteiger charge is 2.34. The summed E-state index contributed by atoms with van der Waals surface area (Å²) >= 11 is 0. The van der Waals surface area contributed by atoms with Gasteiger partial charge in [-0.15, -0.1) is 0 Å². The lowest BCUT2D eigenvalue weighted by Gasteiger charge is -2.37. The van der Waals surface area contributed by atoms with Crippen LogP contribution in [0.1, 0.15) is 38.9 Å². The van der Waals surface area contributed by atoms with E-state index in [2.05, 4.69) is 20.8 Å². The van der Waals surface area contributed by atoms with Gasteiger partial charge < -0.3 is 14.6 Å². The molecule has 0 fully saturated rings. The van der Waals surface area contributed by atoms with Gasteiger partial charge in [0.05, 0.1) is 13.2 Å². The van der Waals surface area contributed by atoms with Gasteiger partial charge >= 0.3 is 0 Å². The van der Waals surface area contributed by atoms with Crippen molar-refractivity contribution in [2.45, 2.75) is 39.4 Å². The number of hydrogen-bond donors (Lipinski definition) is 1. The Balaban J connectivity index is 2.34. The molecule has 3 heteroatoms. The molecule has 0 aliphatic carbocycles. The molecule has 0 amide bonds. The summed E-state index contributed by atoms with van der Waals surface area (Å²) in [6, 6.07) is 5.57. The number of rotatable bonds is 1. The Labute approximate surface area is 102 Å². The van der Waals surface area contributed by atoms with Crippen LogP contribution in [0.25, 0.3) is 0 Å². The summed E-state index contributed by atoms with van der Waals surface area (Å²) in [6.45, 7) is 6.36. The standard InChI is InChI=1S/C14H20O3/c1-14(2,3)13-8-11(15)10-6-5-9(16-4)7-12(10)17-13/h5-7,11,13,15H,8H2,1-4H3. The minimum atomic E-state index is -0.450. The molecule has 1 aromatic rings. The smallest absolute Gasteiger partial charge is 0.129 e. The third-order valence-electron chi connectivity index (χ3n) is 3.25. The van der Waals surface area contributed by atoms with E-state index in [0.717, 1.165) is 17.1 Å². The Hall–Kier alpha value is -1.22. The van der Waals surface area contributed by atoms with Gasteiger partial charge in [0.2, 0.25) is 0 Å². The van der Waals surface area contributed by atoms with Crippen LogP contribution >= 0.6 is 0 Å². The van der Waals surface area contributed by atoms with Crippen LogP contribution in [-0.4, -0.2) is 18.3 Å². The molecule has 0 saturated carbocycles. The molecular weight excluding hydrogens is 216 g/mol.